The Bertz CT molecular complexity index is 306. The predicted octanol–water partition coefficient (Wildman–Crippen LogP) is 2.93. The zero-order valence-electron chi connectivity index (χ0n) is 9.88. The summed E-state index contributed by atoms with van der Waals surface area (Å²) in [6.07, 6.45) is 4.85. The van der Waals surface area contributed by atoms with Crippen LogP contribution >= 0.6 is 0 Å². The Hall–Kier alpha value is -0.790. The minimum absolute atomic E-state index is 0.0942. The van der Waals surface area contributed by atoms with E-state index in [2.05, 4.69) is 27.4 Å². The van der Waals surface area contributed by atoms with Crippen molar-refractivity contribution in [2.45, 2.75) is 46.1 Å². The van der Waals surface area contributed by atoms with Crippen molar-refractivity contribution in [1.29, 1.82) is 0 Å². The maximum absolute atomic E-state index is 11.3. The molecule has 2 aliphatic rings. The predicted molar refractivity (Wildman–Crippen MR) is 59.3 cm³/mol. The Balaban J connectivity index is 2.19. The normalized spacial score (nSPS) is 41.5. The molecule has 0 aromatic heterocycles. The average molecular weight is 208 g/mol. The first-order valence-electron chi connectivity index (χ1n) is 5.75. The van der Waals surface area contributed by atoms with E-state index in [1.54, 1.807) is 0 Å². The molecule has 3 atom stereocenters. The highest BCUT2D eigenvalue weighted by atomic mass is 16.5. The standard InChI is InChI=1S/C13H20O2/c1-5-11(14)15-10-8-9-6-7-13(10,4)12(9,2)3/h5,9-10H,1,6-8H2,2-4H3/t9-,10-,13+/m1/s1. The molecule has 0 radical (unpaired) electrons. The van der Waals surface area contributed by atoms with Crippen molar-refractivity contribution in [1.82, 2.24) is 0 Å². The summed E-state index contributed by atoms with van der Waals surface area (Å²) < 4.78 is 5.48. The molecule has 0 aromatic rings. The van der Waals surface area contributed by atoms with Gasteiger partial charge in [-0.25, -0.2) is 4.79 Å². The van der Waals surface area contributed by atoms with Crippen molar-refractivity contribution in [3.05, 3.63) is 12.7 Å². The average Bonchev–Trinajstić information content (AvgIpc) is 2.50. The van der Waals surface area contributed by atoms with Gasteiger partial charge in [-0.3, -0.25) is 0 Å². The van der Waals surface area contributed by atoms with Crippen LogP contribution in [0.1, 0.15) is 40.0 Å². The molecule has 2 nitrogen and oxygen atoms in total. The van der Waals surface area contributed by atoms with Gasteiger partial charge in [0.2, 0.25) is 0 Å². The summed E-state index contributed by atoms with van der Waals surface area (Å²) in [5.74, 6) is 0.440. The summed E-state index contributed by atoms with van der Waals surface area (Å²) in [7, 11) is 0. The van der Waals surface area contributed by atoms with Crippen LogP contribution in [0.5, 0.6) is 0 Å². The van der Waals surface area contributed by atoms with Gasteiger partial charge in [-0.05, 0) is 30.6 Å². The summed E-state index contributed by atoms with van der Waals surface area (Å²) in [6.45, 7) is 10.3. The van der Waals surface area contributed by atoms with Crippen LogP contribution in [0.3, 0.4) is 0 Å². The molecule has 2 bridgehead atoms. The zero-order chi connectivity index (χ0) is 11.3. The fourth-order valence-corrected chi connectivity index (χ4v) is 3.50. The van der Waals surface area contributed by atoms with Crippen LogP contribution in [0.2, 0.25) is 0 Å². The molecule has 0 amide bonds. The molecular weight excluding hydrogens is 188 g/mol. The number of fused-ring (bicyclic) bond motifs is 2. The molecule has 0 aliphatic heterocycles. The number of hydrogen-bond acceptors (Lipinski definition) is 2. The Morgan fingerprint density at radius 3 is 2.53 bits per heavy atom. The summed E-state index contributed by atoms with van der Waals surface area (Å²) in [5.41, 5.74) is 0.468. The first kappa shape index (κ1) is 10.7. The van der Waals surface area contributed by atoms with Gasteiger partial charge < -0.3 is 4.74 Å². The van der Waals surface area contributed by atoms with Gasteiger partial charge in [0.1, 0.15) is 6.10 Å². The van der Waals surface area contributed by atoms with E-state index in [-0.39, 0.29) is 17.5 Å². The lowest BCUT2D eigenvalue weighted by Gasteiger charge is -2.38. The third-order valence-electron chi connectivity index (χ3n) is 5.14. The molecule has 0 N–H and O–H groups in total. The van der Waals surface area contributed by atoms with Crippen LogP contribution in [0.15, 0.2) is 12.7 Å². The number of ether oxygens (including phenoxy) is 1. The second-order valence-corrected chi connectivity index (χ2v) is 5.74. The Labute approximate surface area is 91.7 Å². The van der Waals surface area contributed by atoms with Crippen molar-refractivity contribution in [2.24, 2.45) is 16.7 Å². The maximum atomic E-state index is 11.3. The number of carbonyl (C=O) groups is 1. The molecule has 0 heterocycles. The third-order valence-corrected chi connectivity index (χ3v) is 5.14. The second kappa shape index (κ2) is 3.10. The lowest BCUT2D eigenvalue weighted by atomic mass is 9.70. The molecular formula is C13H20O2. The summed E-state index contributed by atoms with van der Waals surface area (Å²) >= 11 is 0. The van der Waals surface area contributed by atoms with Crippen LogP contribution < -0.4 is 0 Å². The van der Waals surface area contributed by atoms with Crippen LogP contribution in [-0.4, -0.2) is 12.1 Å². The van der Waals surface area contributed by atoms with Gasteiger partial charge in [-0.1, -0.05) is 27.4 Å². The number of carbonyl (C=O) groups excluding carboxylic acids is 1. The highest BCUT2D eigenvalue weighted by molar-refractivity contribution is 5.81. The fraction of sp³-hybridized carbons (Fsp3) is 0.769. The van der Waals surface area contributed by atoms with E-state index in [4.69, 9.17) is 4.74 Å². The highest BCUT2D eigenvalue weighted by Crippen LogP contribution is 2.66. The van der Waals surface area contributed by atoms with Crippen molar-refractivity contribution in [3.63, 3.8) is 0 Å². The molecule has 84 valence electrons. The molecule has 0 spiro atoms. The maximum Gasteiger partial charge on any atom is 0.330 e. The second-order valence-electron chi connectivity index (χ2n) is 5.74. The van der Waals surface area contributed by atoms with Gasteiger partial charge in [0.15, 0.2) is 0 Å². The van der Waals surface area contributed by atoms with E-state index >= 15 is 0 Å². The molecule has 2 heteroatoms. The smallest absolute Gasteiger partial charge is 0.330 e. The zero-order valence-corrected chi connectivity index (χ0v) is 9.88. The topological polar surface area (TPSA) is 26.3 Å². The molecule has 0 unspecified atom stereocenters. The molecule has 0 aromatic carbocycles. The van der Waals surface area contributed by atoms with Gasteiger partial charge in [-0.2, -0.15) is 0 Å². The molecule has 2 fully saturated rings. The molecule has 2 aliphatic carbocycles. The minimum Gasteiger partial charge on any atom is -0.459 e. The van der Waals surface area contributed by atoms with E-state index in [0.717, 1.165) is 6.42 Å². The van der Waals surface area contributed by atoms with Crippen molar-refractivity contribution >= 4 is 5.97 Å². The Morgan fingerprint density at radius 2 is 2.13 bits per heavy atom. The lowest BCUT2D eigenvalue weighted by molar-refractivity contribution is -0.150. The van der Waals surface area contributed by atoms with Gasteiger partial charge in [-0.15, -0.1) is 0 Å². The number of rotatable bonds is 2. The summed E-state index contributed by atoms with van der Waals surface area (Å²) in [4.78, 5) is 11.3. The first-order valence-corrected chi connectivity index (χ1v) is 5.75. The fourth-order valence-electron chi connectivity index (χ4n) is 3.50. The first-order chi connectivity index (χ1) is 6.91. The van der Waals surface area contributed by atoms with E-state index in [9.17, 15) is 4.79 Å². The number of esters is 1. The monoisotopic (exact) mass is 208 g/mol. The summed E-state index contributed by atoms with van der Waals surface area (Å²) in [6, 6.07) is 0. The van der Waals surface area contributed by atoms with E-state index < -0.39 is 0 Å². The van der Waals surface area contributed by atoms with Gasteiger partial charge in [0.05, 0.1) is 0 Å². The number of hydrogen-bond donors (Lipinski definition) is 0. The Kier molecular flexibility index (Phi) is 2.21. The summed E-state index contributed by atoms with van der Waals surface area (Å²) in [5, 5.41) is 0. The third kappa shape index (κ3) is 1.27. The van der Waals surface area contributed by atoms with Gasteiger partial charge in [0.25, 0.3) is 0 Å². The molecule has 2 rings (SSSR count). The quantitative estimate of drug-likeness (QED) is 0.515. The molecule has 15 heavy (non-hydrogen) atoms. The van der Waals surface area contributed by atoms with Gasteiger partial charge in [0, 0.05) is 11.5 Å². The van der Waals surface area contributed by atoms with Crippen molar-refractivity contribution < 1.29 is 9.53 Å². The lowest BCUT2D eigenvalue weighted by Crippen LogP contribution is -2.38. The van der Waals surface area contributed by atoms with Crippen molar-refractivity contribution in [3.8, 4) is 0 Å². The van der Waals surface area contributed by atoms with Crippen molar-refractivity contribution in [2.75, 3.05) is 0 Å². The SMILES string of the molecule is C=CC(=O)O[C@@H]1C[C@H]2CC[C@]1(C)C2(C)C. The minimum atomic E-state index is -0.274. The van der Waals surface area contributed by atoms with E-state index in [1.165, 1.54) is 18.9 Å². The van der Waals surface area contributed by atoms with Crippen LogP contribution in [0.4, 0.5) is 0 Å². The van der Waals surface area contributed by atoms with Crippen LogP contribution in [0.25, 0.3) is 0 Å². The molecule has 0 saturated heterocycles. The van der Waals surface area contributed by atoms with Gasteiger partial charge >= 0.3 is 5.97 Å². The van der Waals surface area contributed by atoms with Crippen LogP contribution in [0, 0.1) is 16.7 Å². The largest absolute Gasteiger partial charge is 0.459 e. The molecule has 2 saturated carbocycles. The highest BCUT2D eigenvalue weighted by Gasteiger charge is 2.62. The van der Waals surface area contributed by atoms with E-state index in [1.807, 2.05) is 0 Å². The Morgan fingerprint density at radius 1 is 1.47 bits per heavy atom. The van der Waals surface area contributed by atoms with E-state index in [0.29, 0.717) is 11.3 Å². The van der Waals surface area contributed by atoms with Crippen LogP contribution in [-0.2, 0) is 9.53 Å².